The molecule has 0 saturated carbocycles. The van der Waals surface area contributed by atoms with Crippen molar-refractivity contribution in [2.75, 3.05) is 0 Å². The van der Waals surface area contributed by atoms with E-state index in [1.165, 1.54) is 21.5 Å². The monoisotopic (exact) mass is 315 g/mol. The zero-order chi connectivity index (χ0) is 16.1. The van der Waals surface area contributed by atoms with Gasteiger partial charge in [-0.3, -0.25) is 0 Å². The second-order valence-corrected chi connectivity index (χ2v) is 8.77. The summed E-state index contributed by atoms with van der Waals surface area (Å²) in [5.41, 5.74) is 3.53. The van der Waals surface area contributed by atoms with Gasteiger partial charge in [0.2, 0.25) is 0 Å². The van der Waals surface area contributed by atoms with Crippen LogP contribution < -0.4 is 10.4 Å². The molecule has 1 radical (unpaired) electrons. The zero-order valence-electron chi connectivity index (χ0n) is 13.9. The molecule has 3 aromatic rings. The molecule has 0 heterocycles. The fourth-order valence-corrected chi connectivity index (χ4v) is 6.37. The van der Waals surface area contributed by atoms with Crippen molar-refractivity contribution in [3.05, 3.63) is 96.1 Å². The Hall–Kier alpha value is -2.12. The van der Waals surface area contributed by atoms with Crippen molar-refractivity contribution in [3.8, 4) is 0 Å². The van der Waals surface area contributed by atoms with Crippen LogP contribution in [0.15, 0.2) is 84.9 Å². The van der Waals surface area contributed by atoms with Crippen molar-refractivity contribution >= 4 is 19.2 Å². The lowest BCUT2D eigenvalue weighted by Gasteiger charge is -2.25. The molecule has 0 saturated heterocycles. The summed E-state index contributed by atoms with van der Waals surface area (Å²) in [4.78, 5) is 0. The number of hydrogen-bond acceptors (Lipinski definition) is 0. The lowest BCUT2D eigenvalue weighted by Crippen LogP contribution is -2.46. The molecule has 1 heteroatoms. The van der Waals surface area contributed by atoms with Crippen LogP contribution in [0.2, 0.25) is 0 Å². The Balaban J connectivity index is 2.08. The Morgan fingerprint density at radius 2 is 1.17 bits per heavy atom. The fourth-order valence-electron chi connectivity index (χ4n) is 3.34. The molecule has 0 aliphatic heterocycles. The predicted octanol–water partition coefficient (Wildman–Crippen LogP) is 4.20. The van der Waals surface area contributed by atoms with E-state index in [9.17, 15) is 0 Å². The molecule has 23 heavy (non-hydrogen) atoms. The third-order valence-electron chi connectivity index (χ3n) is 4.51. The van der Waals surface area contributed by atoms with E-state index < -0.39 is 8.80 Å². The molecule has 3 rings (SSSR count). The zero-order valence-corrected chi connectivity index (χ0v) is 14.9. The summed E-state index contributed by atoms with van der Waals surface area (Å²) < 4.78 is 0. The molecule has 0 N–H and O–H groups in total. The summed E-state index contributed by atoms with van der Waals surface area (Å²) >= 11 is 0. The maximum Gasteiger partial charge on any atom is 0.128 e. The molecule has 1 unspecified atom stereocenters. The molecular weight excluding hydrogens is 292 g/mol. The van der Waals surface area contributed by atoms with Crippen LogP contribution in [-0.4, -0.2) is 8.80 Å². The van der Waals surface area contributed by atoms with Gasteiger partial charge in [0.25, 0.3) is 0 Å². The van der Waals surface area contributed by atoms with E-state index in [0.29, 0.717) is 5.54 Å². The van der Waals surface area contributed by atoms with Crippen molar-refractivity contribution in [1.29, 1.82) is 0 Å². The van der Waals surface area contributed by atoms with Gasteiger partial charge in [-0.05, 0) is 23.1 Å². The van der Waals surface area contributed by atoms with E-state index in [1.807, 2.05) is 0 Å². The van der Waals surface area contributed by atoms with Crippen molar-refractivity contribution < 1.29 is 0 Å². The third kappa shape index (κ3) is 3.46. The molecule has 0 aliphatic rings. The minimum absolute atomic E-state index is 0.543. The van der Waals surface area contributed by atoms with Gasteiger partial charge in [-0.15, -0.1) is 0 Å². The van der Waals surface area contributed by atoms with Crippen molar-refractivity contribution in [3.63, 3.8) is 0 Å². The molecule has 0 bridgehead atoms. The number of aryl methyl sites for hydroxylation is 1. The van der Waals surface area contributed by atoms with Crippen LogP contribution in [0.1, 0.15) is 30.5 Å². The van der Waals surface area contributed by atoms with Crippen LogP contribution in [0, 0.1) is 0 Å². The van der Waals surface area contributed by atoms with E-state index >= 15 is 0 Å². The second kappa shape index (κ2) is 7.43. The highest BCUT2D eigenvalue weighted by Crippen LogP contribution is 2.23. The quantitative estimate of drug-likeness (QED) is 0.619. The second-order valence-electron chi connectivity index (χ2n) is 5.92. The third-order valence-corrected chi connectivity index (χ3v) is 7.59. The maximum absolute atomic E-state index is 2.41. The molecule has 0 fully saturated rings. The van der Waals surface area contributed by atoms with Crippen molar-refractivity contribution in [1.82, 2.24) is 0 Å². The Labute approximate surface area is 141 Å². The van der Waals surface area contributed by atoms with Gasteiger partial charge in [0, 0.05) is 0 Å². The topological polar surface area (TPSA) is 0 Å². The lowest BCUT2D eigenvalue weighted by molar-refractivity contribution is 0.993. The van der Waals surface area contributed by atoms with E-state index in [2.05, 4.69) is 98.8 Å². The number of benzene rings is 3. The van der Waals surface area contributed by atoms with Gasteiger partial charge in [-0.25, -0.2) is 0 Å². The minimum atomic E-state index is -0.862. The largest absolute Gasteiger partial charge is 0.128 e. The standard InChI is InChI=1S/C22H23Si/c1-3-19-12-10-11-17-22(19)18(2)23(20-13-6-4-7-14-20)21-15-8-5-9-16-21/h4-18H,3H2,1-2H3. The average molecular weight is 316 g/mol. The molecule has 0 aromatic heterocycles. The summed E-state index contributed by atoms with van der Waals surface area (Å²) in [5.74, 6) is 0. The number of rotatable bonds is 5. The molecule has 115 valence electrons. The van der Waals surface area contributed by atoms with Gasteiger partial charge in [0.05, 0.1) is 0 Å². The molecule has 0 aliphatic carbocycles. The predicted molar refractivity (Wildman–Crippen MR) is 102 cm³/mol. The molecule has 0 spiro atoms. The van der Waals surface area contributed by atoms with E-state index in [0.717, 1.165) is 6.42 Å². The first-order chi connectivity index (χ1) is 11.3. The normalized spacial score (nSPS) is 12.3. The van der Waals surface area contributed by atoms with Gasteiger partial charge in [0.1, 0.15) is 8.80 Å². The lowest BCUT2D eigenvalue weighted by atomic mass is 10.0. The Morgan fingerprint density at radius 1 is 0.696 bits per heavy atom. The molecule has 0 amide bonds. The Bertz CT molecular complexity index is 695. The van der Waals surface area contributed by atoms with Gasteiger partial charge in [-0.1, -0.05) is 109 Å². The Morgan fingerprint density at radius 3 is 1.70 bits per heavy atom. The van der Waals surface area contributed by atoms with Gasteiger partial charge >= 0.3 is 0 Å². The van der Waals surface area contributed by atoms with Crippen molar-refractivity contribution in [2.45, 2.75) is 25.8 Å². The van der Waals surface area contributed by atoms with E-state index in [4.69, 9.17) is 0 Å². The van der Waals surface area contributed by atoms with E-state index in [1.54, 1.807) is 0 Å². The maximum atomic E-state index is 2.41. The summed E-state index contributed by atoms with van der Waals surface area (Å²) in [5, 5.41) is 2.98. The number of hydrogen-bond donors (Lipinski definition) is 0. The highest BCUT2D eigenvalue weighted by atomic mass is 28.3. The molecular formula is C22H23Si. The fraction of sp³-hybridized carbons (Fsp3) is 0.182. The summed E-state index contributed by atoms with van der Waals surface area (Å²) in [6, 6.07) is 31.0. The summed E-state index contributed by atoms with van der Waals surface area (Å²) in [6.45, 7) is 4.66. The van der Waals surface area contributed by atoms with Crippen LogP contribution in [0.5, 0.6) is 0 Å². The molecule has 3 aromatic carbocycles. The van der Waals surface area contributed by atoms with Crippen molar-refractivity contribution in [2.24, 2.45) is 0 Å². The van der Waals surface area contributed by atoms with Gasteiger partial charge < -0.3 is 0 Å². The highest BCUT2D eigenvalue weighted by Gasteiger charge is 2.26. The van der Waals surface area contributed by atoms with Crippen LogP contribution in [0.4, 0.5) is 0 Å². The van der Waals surface area contributed by atoms with Crippen LogP contribution >= 0.6 is 0 Å². The minimum Gasteiger partial charge on any atom is -0.0628 e. The molecule has 0 nitrogen and oxygen atoms in total. The molecule has 1 atom stereocenters. The SMILES string of the molecule is CCc1ccccc1C(C)[Si](c1ccccc1)c1ccccc1. The highest BCUT2D eigenvalue weighted by molar-refractivity contribution is 6.86. The first-order valence-electron chi connectivity index (χ1n) is 8.36. The van der Waals surface area contributed by atoms with Crippen LogP contribution in [0.3, 0.4) is 0 Å². The smallest absolute Gasteiger partial charge is 0.0628 e. The Kier molecular flexibility index (Phi) is 5.09. The van der Waals surface area contributed by atoms with Gasteiger partial charge in [0.15, 0.2) is 0 Å². The van der Waals surface area contributed by atoms with Crippen LogP contribution in [-0.2, 0) is 6.42 Å². The first-order valence-corrected chi connectivity index (χ1v) is 9.94. The summed E-state index contributed by atoms with van der Waals surface area (Å²) in [7, 11) is -0.862. The van der Waals surface area contributed by atoms with Crippen LogP contribution in [0.25, 0.3) is 0 Å². The first kappa shape index (κ1) is 15.8. The van der Waals surface area contributed by atoms with E-state index in [-0.39, 0.29) is 0 Å². The average Bonchev–Trinajstić information content (AvgIpc) is 2.63. The summed E-state index contributed by atoms with van der Waals surface area (Å²) in [6.07, 6.45) is 1.10. The van der Waals surface area contributed by atoms with Gasteiger partial charge in [-0.2, -0.15) is 0 Å².